The maximum Gasteiger partial charge on any atom is 0.276 e. The number of benzene rings is 1. The van der Waals surface area contributed by atoms with Gasteiger partial charge in [0, 0.05) is 23.5 Å². The molecule has 0 fully saturated rings. The summed E-state index contributed by atoms with van der Waals surface area (Å²) < 4.78 is 0. The number of hydrogen-bond donors (Lipinski definition) is 4. The van der Waals surface area contributed by atoms with Crippen LogP contribution in [0.4, 0.5) is 11.4 Å². The van der Waals surface area contributed by atoms with Crippen LogP contribution in [-0.2, 0) is 0 Å². The van der Waals surface area contributed by atoms with Crippen LogP contribution >= 0.6 is 0 Å². The molecule has 130 valence electrons. The molecule has 0 aliphatic carbocycles. The summed E-state index contributed by atoms with van der Waals surface area (Å²) in [5.41, 5.74) is 0.0719. The fourth-order valence-electron chi connectivity index (χ4n) is 2.01. The molecular weight excluding hydrogens is 340 g/mol. The number of nitrogens with one attached hydrogen (secondary N) is 4. The number of amides is 2. The van der Waals surface area contributed by atoms with E-state index in [0.29, 0.717) is 11.4 Å². The van der Waals surface area contributed by atoms with Crippen molar-refractivity contribution in [3.05, 3.63) is 80.6 Å². The third-order valence-corrected chi connectivity index (χ3v) is 3.20. The zero-order valence-corrected chi connectivity index (χ0v) is 13.1. The minimum atomic E-state index is -0.521. The molecule has 0 atom stereocenters. The lowest BCUT2D eigenvalue weighted by atomic mass is 10.2. The van der Waals surface area contributed by atoms with Crippen molar-refractivity contribution in [1.29, 1.82) is 0 Å². The van der Waals surface area contributed by atoms with Gasteiger partial charge in [-0.1, -0.05) is 6.07 Å². The molecule has 1 aromatic carbocycles. The van der Waals surface area contributed by atoms with E-state index in [2.05, 4.69) is 31.0 Å². The Labute approximate surface area is 145 Å². The molecule has 0 bridgehead atoms. The minimum absolute atomic E-state index is 0.0384. The van der Waals surface area contributed by atoms with Gasteiger partial charge < -0.3 is 10.6 Å². The van der Waals surface area contributed by atoms with Crippen LogP contribution in [0.2, 0.25) is 0 Å². The summed E-state index contributed by atoms with van der Waals surface area (Å²) in [5, 5.41) is 16.8. The van der Waals surface area contributed by atoms with Crippen LogP contribution in [-0.4, -0.2) is 32.2 Å². The Balaban J connectivity index is 1.71. The smallest absolute Gasteiger partial charge is 0.276 e. The van der Waals surface area contributed by atoms with Gasteiger partial charge in [-0.05, 0) is 30.3 Å². The van der Waals surface area contributed by atoms with Gasteiger partial charge in [0.15, 0.2) is 0 Å². The number of anilines is 2. The minimum Gasteiger partial charge on any atom is -0.321 e. The van der Waals surface area contributed by atoms with Crippen molar-refractivity contribution in [3.8, 4) is 0 Å². The van der Waals surface area contributed by atoms with E-state index >= 15 is 0 Å². The number of carbonyl (C=O) groups is 2. The molecule has 10 nitrogen and oxygen atoms in total. The summed E-state index contributed by atoms with van der Waals surface area (Å²) in [4.78, 5) is 46.1. The Morgan fingerprint density at radius 3 is 1.58 bits per heavy atom. The van der Waals surface area contributed by atoms with E-state index in [-0.39, 0.29) is 11.4 Å². The molecule has 0 radical (unpaired) electrons. The maximum atomic E-state index is 12.1. The summed E-state index contributed by atoms with van der Waals surface area (Å²) in [6, 6.07) is 11.4. The molecule has 0 saturated carbocycles. The first-order chi connectivity index (χ1) is 12.5. The number of rotatable bonds is 4. The number of aromatic nitrogens is 4. The molecule has 0 spiro atoms. The first-order valence-electron chi connectivity index (χ1n) is 7.35. The topological polar surface area (TPSA) is 150 Å². The molecule has 10 heteroatoms. The summed E-state index contributed by atoms with van der Waals surface area (Å²) in [5.74, 6) is -1.04. The van der Waals surface area contributed by atoms with Crippen LogP contribution in [0.5, 0.6) is 0 Å². The summed E-state index contributed by atoms with van der Waals surface area (Å²) in [6.07, 6.45) is 0. The molecule has 0 aliphatic rings. The molecule has 0 aliphatic heterocycles. The second-order valence-electron chi connectivity index (χ2n) is 5.10. The summed E-state index contributed by atoms with van der Waals surface area (Å²) in [6.45, 7) is 0. The number of H-pyrrole nitrogens is 2. The molecule has 3 aromatic rings. The largest absolute Gasteiger partial charge is 0.321 e. The highest BCUT2D eigenvalue weighted by molar-refractivity contribution is 6.04. The predicted molar refractivity (Wildman–Crippen MR) is 92.1 cm³/mol. The lowest BCUT2D eigenvalue weighted by Crippen LogP contribution is -2.18. The fraction of sp³-hybridized carbons (Fsp3) is 0. The summed E-state index contributed by atoms with van der Waals surface area (Å²) >= 11 is 0. The van der Waals surface area contributed by atoms with Gasteiger partial charge >= 0.3 is 0 Å². The highest BCUT2D eigenvalue weighted by Crippen LogP contribution is 2.16. The van der Waals surface area contributed by atoms with Crippen molar-refractivity contribution >= 4 is 23.2 Å². The zero-order chi connectivity index (χ0) is 18.5. The van der Waals surface area contributed by atoms with E-state index in [9.17, 15) is 19.2 Å². The summed E-state index contributed by atoms with van der Waals surface area (Å²) in [7, 11) is 0. The number of hydrogen-bond acceptors (Lipinski definition) is 6. The van der Waals surface area contributed by atoms with Gasteiger partial charge in [-0.3, -0.25) is 19.2 Å². The van der Waals surface area contributed by atoms with Crippen LogP contribution in [0.15, 0.2) is 58.1 Å². The first-order valence-corrected chi connectivity index (χ1v) is 7.35. The average Bonchev–Trinajstić information content (AvgIpc) is 2.63. The average molecular weight is 352 g/mol. The van der Waals surface area contributed by atoms with E-state index < -0.39 is 22.9 Å². The van der Waals surface area contributed by atoms with Gasteiger partial charge in [0.1, 0.15) is 11.4 Å². The van der Waals surface area contributed by atoms with Crippen molar-refractivity contribution in [2.75, 3.05) is 10.6 Å². The van der Waals surface area contributed by atoms with Crippen LogP contribution in [0.25, 0.3) is 0 Å². The lowest BCUT2D eigenvalue weighted by Gasteiger charge is -2.08. The molecule has 0 unspecified atom stereocenters. The Morgan fingerprint density at radius 2 is 1.19 bits per heavy atom. The monoisotopic (exact) mass is 352 g/mol. The highest BCUT2D eigenvalue weighted by atomic mass is 16.2. The van der Waals surface area contributed by atoms with E-state index in [1.165, 1.54) is 30.3 Å². The van der Waals surface area contributed by atoms with Crippen molar-refractivity contribution in [3.63, 3.8) is 0 Å². The van der Waals surface area contributed by atoms with Crippen LogP contribution in [0.1, 0.15) is 21.0 Å². The second-order valence-corrected chi connectivity index (χ2v) is 5.10. The normalized spacial score (nSPS) is 10.2. The van der Waals surface area contributed by atoms with Crippen molar-refractivity contribution < 1.29 is 9.59 Å². The van der Waals surface area contributed by atoms with Gasteiger partial charge in [0.25, 0.3) is 22.9 Å². The predicted octanol–water partition coefficient (Wildman–Crippen LogP) is 0.358. The van der Waals surface area contributed by atoms with Gasteiger partial charge in [0.05, 0.1) is 0 Å². The van der Waals surface area contributed by atoms with E-state index in [1.807, 2.05) is 0 Å². The van der Waals surface area contributed by atoms with E-state index in [0.717, 1.165) is 0 Å². The van der Waals surface area contributed by atoms with Crippen LogP contribution in [0, 0.1) is 0 Å². The molecule has 3 rings (SSSR count). The Hall–Kier alpha value is -4.08. The molecule has 4 N–H and O–H groups in total. The third kappa shape index (κ3) is 4.06. The lowest BCUT2D eigenvalue weighted by molar-refractivity contribution is 0.101. The molecule has 26 heavy (non-hydrogen) atoms. The SMILES string of the molecule is O=C(Nc1cccc(NC(=O)c2ccc(=O)[nH]n2)c1)c1ccc(=O)[nH]n1. The van der Waals surface area contributed by atoms with Gasteiger partial charge in [-0.2, -0.15) is 10.2 Å². The number of carbonyl (C=O) groups excluding carboxylic acids is 2. The standard InChI is InChI=1S/C16H12N6O4/c23-13-6-4-11(19-21-13)15(25)17-9-2-1-3-10(8-9)18-16(26)12-5-7-14(24)22-20-12/h1-8H,(H,17,25)(H,18,26)(H,21,23)(H,22,24). The molecule has 2 aromatic heterocycles. The second kappa shape index (κ2) is 7.21. The Morgan fingerprint density at radius 1 is 0.731 bits per heavy atom. The first kappa shape index (κ1) is 16.8. The fourth-order valence-corrected chi connectivity index (χ4v) is 2.01. The number of aromatic amines is 2. The van der Waals surface area contributed by atoms with Crippen molar-refractivity contribution in [2.45, 2.75) is 0 Å². The van der Waals surface area contributed by atoms with E-state index in [1.54, 1.807) is 18.2 Å². The van der Waals surface area contributed by atoms with E-state index in [4.69, 9.17) is 0 Å². The number of nitrogens with zero attached hydrogens (tertiary/aromatic N) is 2. The third-order valence-electron chi connectivity index (χ3n) is 3.20. The van der Waals surface area contributed by atoms with Gasteiger partial charge in [-0.25, -0.2) is 10.2 Å². The molecular formula is C16H12N6O4. The zero-order valence-electron chi connectivity index (χ0n) is 13.1. The molecule has 2 heterocycles. The van der Waals surface area contributed by atoms with Gasteiger partial charge in [-0.15, -0.1) is 0 Å². The van der Waals surface area contributed by atoms with Crippen LogP contribution < -0.4 is 21.8 Å². The quantitative estimate of drug-likeness (QED) is 0.532. The van der Waals surface area contributed by atoms with Crippen molar-refractivity contribution in [2.24, 2.45) is 0 Å². The maximum absolute atomic E-state index is 12.1. The van der Waals surface area contributed by atoms with Gasteiger partial charge in [0.2, 0.25) is 0 Å². The van der Waals surface area contributed by atoms with Crippen LogP contribution in [0.3, 0.4) is 0 Å². The molecule has 0 saturated heterocycles. The Bertz CT molecular complexity index is 965. The van der Waals surface area contributed by atoms with Crippen molar-refractivity contribution in [1.82, 2.24) is 20.4 Å². The molecule has 2 amide bonds. The highest BCUT2D eigenvalue weighted by Gasteiger charge is 2.10. The Kier molecular flexibility index (Phi) is 4.65.